The number of non-ortho nitro benzene ring substituents is 1. The Morgan fingerprint density at radius 1 is 1.30 bits per heavy atom. The smallest absolute Gasteiger partial charge is 0.270 e. The van der Waals surface area contributed by atoms with E-state index in [1.807, 2.05) is 22.4 Å². The van der Waals surface area contributed by atoms with Gasteiger partial charge in [0, 0.05) is 36.1 Å². The Labute approximate surface area is 161 Å². The number of nitro groups is 1. The van der Waals surface area contributed by atoms with Gasteiger partial charge in [-0.1, -0.05) is 6.07 Å². The molecular formula is C19H21N3O4S. The highest BCUT2D eigenvalue weighted by molar-refractivity contribution is 7.09. The number of carbonyl (C=O) groups is 1. The van der Waals surface area contributed by atoms with Crippen LogP contribution in [0.1, 0.15) is 28.1 Å². The van der Waals surface area contributed by atoms with Crippen molar-refractivity contribution in [1.82, 2.24) is 4.90 Å². The second kappa shape index (κ2) is 7.66. The molecule has 0 bridgehead atoms. The van der Waals surface area contributed by atoms with Crippen molar-refractivity contribution in [3.8, 4) is 0 Å². The van der Waals surface area contributed by atoms with Crippen LogP contribution in [0.3, 0.4) is 0 Å². The molecule has 0 atom stereocenters. The van der Waals surface area contributed by atoms with Gasteiger partial charge in [-0.25, -0.2) is 0 Å². The summed E-state index contributed by atoms with van der Waals surface area (Å²) in [5.74, 6) is -0.129. The second-order valence-corrected chi connectivity index (χ2v) is 7.83. The molecule has 2 fully saturated rings. The van der Waals surface area contributed by atoms with Crippen LogP contribution in [-0.4, -0.2) is 48.1 Å². The second-order valence-electron chi connectivity index (χ2n) is 6.80. The van der Waals surface area contributed by atoms with Crippen LogP contribution in [0.25, 0.3) is 0 Å². The molecule has 1 aliphatic carbocycles. The average molecular weight is 387 g/mol. The van der Waals surface area contributed by atoms with Crippen LogP contribution in [0.15, 0.2) is 35.7 Å². The number of benzene rings is 1. The van der Waals surface area contributed by atoms with E-state index in [1.165, 1.54) is 12.1 Å². The van der Waals surface area contributed by atoms with Gasteiger partial charge in [-0.2, -0.15) is 0 Å². The quantitative estimate of drug-likeness (QED) is 0.561. The van der Waals surface area contributed by atoms with E-state index in [9.17, 15) is 14.9 Å². The molecule has 8 heteroatoms. The number of nitro benzene ring substituents is 1. The van der Waals surface area contributed by atoms with Crippen LogP contribution in [0.5, 0.6) is 0 Å². The first-order valence-electron chi connectivity index (χ1n) is 9.08. The van der Waals surface area contributed by atoms with Gasteiger partial charge in [-0.05, 0) is 30.4 Å². The van der Waals surface area contributed by atoms with Gasteiger partial charge in [0.05, 0.1) is 35.9 Å². The van der Waals surface area contributed by atoms with Gasteiger partial charge in [-0.3, -0.25) is 14.9 Å². The number of hydrogen-bond donors (Lipinski definition) is 0. The summed E-state index contributed by atoms with van der Waals surface area (Å²) in [5, 5.41) is 13.3. The van der Waals surface area contributed by atoms with E-state index in [0.717, 1.165) is 23.4 Å². The highest BCUT2D eigenvalue weighted by atomic mass is 32.1. The van der Waals surface area contributed by atoms with Crippen LogP contribution in [0.2, 0.25) is 0 Å². The van der Waals surface area contributed by atoms with E-state index in [0.29, 0.717) is 38.4 Å². The van der Waals surface area contributed by atoms with Crippen molar-refractivity contribution >= 4 is 28.6 Å². The Bertz CT molecular complexity index is 829. The zero-order valence-corrected chi connectivity index (χ0v) is 15.7. The Morgan fingerprint density at radius 3 is 2.70 bits per heavy atom. The predicted octanol–water partition coefficient (Wildman–Crippen LogP) is 3.30. The third-order valence-corrected chi connectivity index (χ3v) is 5.79. The number of nitrogens with zero attached hydrogens (tertiary/aromatic N) is 3. The van der Waals surface area contributed by atoms with Gasteiger partial charge in [0.25, 0.3) is 11.6 Å². The van der Waals surface area contributed by atoms with Crippen molar-refractivity contribution in [3.63, 3.8) is 0 Å². The molecule has 2 aromatic rings. The molecule has 142 valence electrons. The molecule has 1 saturated carbocycles. The lowest BCUT2D eigenvalue weighted by atomic mass is 10.1. The molecule has 27 heavy (non-hydrogen) atoms. The van der Waals surface area contributed by atoms with E-state index in [1.54, 1.807) is 17.4 Å². The topological polar surface area (TPSA) is 75.9 Å². The molecular weight excluding hydrogens is 366 g/mol. The summed E-state index contributed by atoms with van der Waals surface area (Å²) in [4.78, 5) is 29.4. The fraction of sp³-hybridized carbons (Fsp3) is 0.421. The van der Waals surface area contributed by atoms with Crippen molar-refractivity contribution in [3.05, 3.63) is 56.3 Å². The van der Waals surface area contributed by atoms with E-state index < -0.39 is 4.92 Å². The van der Waals surface area contributed by atoms with Crippen molar-refractivity contribution in [2.45, 2.75) is 25.4 Å². The SMILES string of the molecule is O=C(c1cc([N+](=O)[O-])ccc1N1CCOCC1)N(Cc1cccs1)C1CC1. The molecule has 0 N–H and O–H groups in total. The highest BCUT2D eigenvalue weighted by Gasteiger charge is 2.35. The lowest BCUT2D eigenvalue weighted by Crippen LogP contribution is -2.39. The van der Waals surface area contributed by atoms with E-state index >= 15 is 0 Å². The molecule has 1 aromatic carbocycles. The average Bonchev–Trinajstić information content (AvgIpc) is 3.41. The number of carbonyl (C=O) groups excluding carboxylic acids is 1. The van der Waals surface area contributed by atoms with Gasteiger partial charge in [0.2, 0.25) is 0 Å². The summed E-state index contributed by atoms with van der Waals surface area (Å²) in [6.07, 6.45) is 1.97. The lowest BCUT2D eigenvalue weighted by Gasteiger charge is -2.31. The fourth-order valence-electron chi connectivity index (χ4n) is 3.37. The predicted molar refractivity (Wildman–Crippen MR) is 103 cm³/mol. The van der Waals surface area contributed by atoms with Gasteiger partial charge in [-0.15, -0.1) is 11.3 Å². The van der Waals surface area contributed by atoms with Crippen LogP contribution >= 0.6 is 11.3 Å². The molecule has 0 unspecified atom stereocenters. The van der Waals surface area contributed by atoms with Gasteiger partial charge in [0.1, 0.15) is 0 Å². The Hall–Kier alpha value is -2.45. The molecule has 4 rings (SSSR count). The fourth-order valence-corrected chi connectivity index (χ4v) is 4.07. The van der Waals surface area contributed by atoms with Crippen LogP contribution < -0.4 is 4.90 Å². The first-order valence-corrected chi connectivity index (χ1v) is 9.96. The number of ether oxygens (including phenoxy) is 1. The Kier molecular flexibility index (Phi) is 5.09. The largest absolute Gasteiger partial charge is 0.378 e. The van der Waals surface area contributed by atoms with Crippen molar-refractivity contribution in [1.29, 1.82) is 0 Å². The molecule has 2 heterocycles. The molecule has 1 amide bonds. The molecule has 0 radical (unpaired) electrons. The number of morpholine rings is 1. The number of anilines is 1. The number of thiophene rings is 1. The summed E-state index contributed by atoms with van der Waals surface area (Å²) in [6, 6.07) is 8.81. The molecule has 1 aliphatic heterocycles. The molecule has 7 nitrogen and oxygen atoms in total. The summed E-state index contributed by atoms with van der Waals surface area (Å²) < 4.78 is 5.41. The minimum atomic E-state index is -0.444. The zero-order valence-electron chi connectivity index (χ0n) is 14.9. The van der Waals surface area contributed by atoms with E-state index in [2.05, 4.69) is 4.90 Å². The summed E-state index contributed by atoms with van der Waals surface area (Å²) in [7, 11) is 0. The molecule has 2 aliphatic rings. The lowest BCUT2D eigenvalue weighted by molar-refractivity contribution is -0.384. The summed E-state index contributed by atoms with van der Waals surface area (Å²) >= 11 is 1.62. The molecule has 1 saturated heterocycles. The first-order chi connectivity index (χ1) is 13.1. The third-order valence-electron chi connectivity index (χ3n) is 4.93. The van der Waals surface area contributed by atoms with Crippen LogP contribution in [-0.2, 0) is 11.3 Å². The Morgan fingerprint density at radius 2 is 2.07 bits per heavy atom. The molecule has 1 aromatic heterocycles. The number of amides is 1. The standard InChI is InChI=1S/C19H21N3O4S/c23-19(21(14-3-4-14)13-16-2-1-11-27-16)17-12-15(22(24)25)5-6-18(17)20-7-9-26-10-8-20/h1-2,5-6,11-12,14H,3-4,7-10,13H2. The van der Waals surface area contributed by atoms with Gasteiger partial charge < -0.3 is 14.5 Å². The summed E-state index contributed by atoms with van der Waals surface area (Å²) in [6.45, 7) is 3.07. The van der Waals surface area contributed by atoms with Gasteiger partial charge >= 0.3 is 0 Å². The monoisotopic (exact) mass is 387 g/mol. The van der Waals surface area contributed by atoms with Crippen LogP contribution in [0.4, 0.5) is 11.4 Å². The maximum Gasteiger partial charge on any atom is 0.270 e. The van der Waals surface area contributed by atoms with Crippen molar-refractivity contribution in [2.24, 2.45) is 0 Å². The minimum absolute atomic E-state index is 0.0535. The third kappa shape index (κ3) is 3.96. The summed E-state index contributed by atoms with van der Waals surface area (Å²) in [5.41, 5.74) is 1.11. The normalized spacial score (nSPS) is 17.0. The van der Waals surface area contributed by atoms with Gasteiger partial charge in [0.15, 0.2) is 0 Å². The number of rotatable bonds is 6. The van der Waals surface area contributed by atoms with Crippen molar-refractivity contribution in [2.75, 3.05) is 31.2 Å². The van der Waals surface area contributed by atoms with Crippen LogP contribution in [0, 0.1) is 10.1 Å². The maximum atomic E-state index is 13.4. The Balaban J connectivity index is 1.69. The van der Waals surface area contributed by atoms with Crippen molar-refractivity contribution < 1.29 is 14.5 Å². The highest BCUT2D eigenvalue weighted by Crippen LogP contribution is 2.34. The molecule has 0 spiro atoms. The minimum Gasteiger partial charge on any atom is -0.378 e. The zero-order chi connectivity index (χ0) is 18.8. The van der Waals surface area contributed by atoms with E-state index in [4.69, 9.17) is 4.74 Å². The first kappa shape index (κ1) is 17.9. The number of hydrogen-bond acceptors (Lipinski definition) is 6. The van der Waals surface area contributed by atoms with E-state index in [-0.39, 0.29) is 17.6 Å². The maximum absolute atomic E-state index is 13.4.